The van der Waals surface area contributed by atoms with E-state index in [-0.39, 0.29) is 29.7 Å². The Morgan fingerprint density at radius 1 is 1.28 bits per heavy atom. The van der Waals surface area contributed by atoms with Crippen LogP contribution in [0.3, 0.4) is 0 Å². The van der Waals surface area contributed by atoms with Gasteiger partial charge in [-0.25, -0.2) is 0 Å². The molecule has 3 fully saturated rings. The molecule has 0 radical (unpaired) electrons. The van der Waals surface area contributed by atoms with E-state index in [1.165, 1.54) is 0 Å². The second-order valence-electron chi connectivity index (χ2n) is 8.59. The highest BCUT2D eigenvalue weighted by molar-refractivity contribution is 6.05. The molecule has 3 saturated heterocycles. The standard InChI is InChI=1S/C21H26N4O4/c26-18-4-3-17(19(27)24-18)25-10-14-7-13(1-2-16(14)20(25)28)9-23-15-8-21(29-11-15)5-6-22-12-21/h1-2,7,15,17,22-23H,3-6,8-12H2,(H,24,26,27). The second-order valence-corrected chi connectivity index (χ2v) is 8.59. The van der Waals surface area contributed by atoms with Gasteiger partial charge in [0.15, 0.2) is 0 Å². The van der Waals surface area contributed by atoms with Gasteiger partial charge in [0.05, 0.1) is 12.2 Å². The van der Waals surface area contributed by atoms with E-state index in [0.717, 1.165) is 50.2 Å². The van der Waals surface area contributed by atoms with Gasteiger partial charge in [-0.15, -0.1) is 0 Å². The van der Waals surface area contributed by atoms with Crippen LogP contribution in [0.4, 0.5) is 0 Å². The monoisotopic (exact) mass is 398 g/mol. The van der Waals surface area contributed by atoms with Gasteiger partial charge < -0.3 is 20.3 Å². The number of rotatable bonds is 4. The lowest BCUT2D eigenvalue weighted by molar-refractivity contribution is -0.136. The Balaban J connectivity index is 1.22. The van der Waals surface area contributed by atoms with Crippen molar-refractivity contribution in [3.05, 3.63) is 34.9 Å². The first-order chi connectivity index (χ1) is 14.0. The molecule has 8 heteroatoms. The third-order valence-corrected chi connectivity index (χ3v) is 6.60. The zero-order valence-electron chi connectivity index (χ0n) is 16.3. The molecule has 4 aliphatic rings. The van der Waals surface area contributed by atoms with Crippen molar-refractivity contribution >= 4 is 17.7 Å². The fourth-order valence-electron chi connectivity index (χ4n) is 4.99. The minimum atomic E-state index is -0.568. The van der Waals surface area contributed by atoms with E-state index in [9.17, 15) is 14.4 Å². The Hall–Kier alpha value is -2.29. The third-order valence-electron chi connectivity index (χ3n) is 6.60. The largest absolute Gasteiger partial charge is 0.372 e. The summed E-state index contributed by atoms with van der Waals surface area (Å²) in [6, 6.07) is 5.65. The smallest absolute Gasteiger partial charge is 0.255 e. The molecule has 1 spiro atoms. The number of carbonyl (C=O) groups excluding carboxylic acids is 3. The maximum absolute atomic E-state index is 12.8. The van der Waals surface area contributed by atoms with Crippen LogP contribution < -0.4 is 16.0 Å². The normalized spacial score (nSPS) is 31.6. The Labute approximate surface area is 169 Å². The molecule has 0 aliphatic carbocycles. The van der Waals surface area contributed by atoms with Gasteiger partial charge in [-0.1, -0.05) is 12.1 Å². The lowest BCUT2D eigenvalue weighted by Gasteiger charge is -2.29. The van der Waals surface area contributed by atoms with Gasteiger partial charge in [-0.05, 0) is 43.0 Å². The van der Waals surface area contributed by atoms with Gasteiger partial charge in [0.25, 0.3) is 5.91 Å². The molecule has 1 aromatic carbocycles. The molecule has 3 atom stereocenters. The maximum atomic E-state index is 12.8. The number of carbonyl (C=O) groups is 3. The molecule has 5 rings (SSSR count). The zero-order chi connectivity index (χ0) is 20.0. The molecule has 8 nitrogen and oxygen atoms in total. The summed E-state index contributed by atoms with van der Waals surface area (Å²) < 4.78 is 6.05. The summed E-state index contributed by atoms with van der Waals surface area (Å²) in [5.74, 6) is -0.774. The SMILES string of the molecule is O=C1CCC(N2Cc3cc(CNC4COC5(CCNC5)C4)ccc3C2=O)C(=O)N1. The zero-order valence-corrected chi connectivity index (χ0v) is 16.3. The molecule has 29 heavy (non-hydrogen) atoms. The van der Waals surface area contributed by atoms with Crippen LogP contribution in [0.15, 0.2) is 18.2 Å². The van der Waals surface area contributed by atoms with E-state index in [2.05, 4.69) is 22.0 Å². The van der Waals surface area contributed by atoms with Gasteiger partial charge in [0.1, 0.15) is 6.04 Å². The van der Waals surface area contributed by atoms with Gasteiger partial charge in [0, 0.05) is 37.7 Å². The molecular weight excluding hydrogens is 372 g/mol. The van der Waals surface area contributed by atoms with Crippen LogP contribution in [-0.4, -0.2) is 60.0 Å². The summed E-state index contributed by atoms with van der Waals surface area (Å²) >= 11 is 0. The van der Waals surface area contributed by atoms with E-state index in [4.69, 9.17) is 4.74 Å². The van der Waals surface area contributed by atoms with Crippen molar-refractivity contribution in [1.29, 1.82) is 0 Å². The van der Waals surface area contributed by atoms with Crippen LogP contribution in [-0.2, 0) is 27.4 Å². The van der Waals surface area contributed by atoms with E-state index in [0.29, 0.717) is 24.6 Å². The lowest BCUT2D eigenvalue weighted by atomic mass is 9.97. The minimum absolute atomic E-state index is 0.00444. The fraction of sp³-hybridized carbons (Fsp3) is 0.571. The number of ether oxygens (including phenoxy) is 1. The number of nitrogens with one attached hydrogen (secondary N) is 3. The van der Waals surface area contributed by atoms with Crippen molar-refractivity contribution in [2.45, 2.75) is 56.5 Å². The first-order valence-electron chi connectivity index (χ1n) is 10.4. The van der Waals surface area contributed by atoms with Crippen LogP contribution in [0, 0.1) is 0 Å². The second kappa shape index (κ2) is 7.19. The van der Waals surface area contributed by atoms with Crippen LogP contribution in [0.25, 0.3) is 0 Å². The molecule has 1 aromatic rings. The topological polar surface area (TPSA) is 99.8 Å². The van der Waals surface area contributed by atoms with Crippen molar-refractivity contribution in [3.8, 4) is 0 Å². The van der Waals surface area contributed by atoms with E-state index in [1.54, 1.807) is 4.90 Å². The van der Waals surface area contributed by atoms with Crippen molar-refractivity contribution in [3.63, 3.8) is 0 Å². The van der Waals surface area contributed by atoms with E-state index < -0.39 is 6.04 Å². The van der Waals surface area contributed by atoms with Crippen LogP contribution >= 0.6 is 0 Å². The van der Waals surface area contributed by atoms with Crippen LogP contribution in [0.5, 0.6) is 0 Å². The summed E-state index contributed by atoms with van der Waals surface area (Å²) in [6.45, 7) is 3.82. The van der Waals surface area contributed by atoms with Crippen molar-refractivity contribution in [1.82, 2.24) is 20.9 Å². The Morgan fingerprint density at radius 2 is 2.17 bits per heavy atom. The summed E-state index contributed by atoms with van der Waals surface area (Å²) in [5, 5.41) is 9.31. The summed E-state index contributed by atoms with van der Waals surface area (Å²) in [4.78, 5) is 37.9. The third kappa shape index (κ3) is 3.45. The van der Waals surface area contributed by atoms with Gasteiger partial charge in [-0.2, -0.15) is 0 Å². The van der Waals surface area contributed by atoms with Crippen molar-refractivity contribution < 1.29 is 19.1 Å². The predicted molar refractivity (Wildman–Crippen MR) is 104 cm³/mol. The number of imide groups is 1. The molecule has 3 amide bonds. The number of nitrogens with zero attached hydrogens (tertiary/aromatic N) is 1. The molecular formula is C21H26N4O4. The highest BCUT2D eigenvalue weighted by Gasteiger charge is 2.42. The molecule has 0 saturated carbocycles. The quantitative estimate of drug-likeness (QED) is 0.621. The Bertz CT molecular complexity index is 864. The highest BCUT2D eigenvalue weighted by atomic mass is 16.5. The number of amides is 3. The maximum Gasteiger partial charge on any atom is 0.255 e. The number of fused-ring (bicyclic) bond motifs is 1. The molecule has 4 heterocycles. The summed E-state index contributed by atoms with van der Waals surface area (Å²) in [6.07, 6.45) is 2.75. The molecule has 0 bridgehead atoms. The first kappa shape index (κ1) is 18.7. The fourth-order valence-corrected chi connectivity index (χ4v) is 4.99. The number of hydrogen-bond donors (Lipinski definition) is 3. The minimum Gasteiger partial charge on any atom is -0.372 e. The summed E-state index contributed by atoms with van der Waals surface area (Å²) in [5.41, 5.74) is 2.72. The average Bonchev–Trinajstić information content (AvgIpc) is 3.41. The first-order valence-corrected chi connectivity index (χ1v) is 10.4. The number of hydrogen-bond acceptors (Lipinski definition) is 6. The molecule has 3 unspecified atom stereocenters. The lowest BCUT2D eigenvalue weighted by Crippen LogP contribution is -2.52. The van der Waals surface area contributed by atoms with Crippen LogP contribution in [0.2, 0.25) is 0 Å². The van der Waals surface area contributed by atoms with Gasteiger partial charge >= 0.3 is 0 Å². The number of piperidine rings is 1. The Kier molecular flexibility index (Phi) is 4.64. The van der Waals surface area contributed by atoms with E-state index in [1.807, 2.05) is 12.1 Å². The molecule has 4 aliphatic heterocycles. The number of benzene rings is 1. The van der Waals surface area contributed by atoms with Crippen molar-refractivity contribution in [2.24, 2.45) is 0 Å². The summed E-state index contributed by atoms with van der Waals surface area (Å²) in [7, 11) is 0. The Morgan fingerprint density at radius 3 is 2.97 bits per heavy atom. The molecule has 0 aromatic heterocycles. The predicted octanol–water partition coefficient (Wildman–Crippen LogP) is 0.0582. The van der Waals surface area contributed by atoms with Crippen LogP contribution in [0.1, 0.15) is 47.2 Å². The van der Waals surface area contributed by atoms with Gasteiger partial charge in [0.2, 0.25) is 11.8 Å². The highest BCUT2D eigenvalue weighted by Crippen LogP contribution is 2.32. The van der Waals surface area contributed by atoms with Gasteiger partial charge in [-0.3, -0.25) is 19.7 Å². The molecule has 3 N–H and O–H groups in total. The molecule has 154 valence electrons. The van der Waals surface area contributed by atoms with Crippen molar-refractivity contribution in [2.75, 3.05) is 19.7 Å². The van der Waals surface area contributed by atoms with E-state index >= 15 is 0 Å². The average molecular weight is 398 g/mol.